The number of terminal acetylenes is 1. The second-order valence-electron chi connectivity index (χ2n) is 4.84. The van der Waals surface area contributed by atoms with Crippen LogP contribution in [0, 0.1) is 12.3 Å². The average Bonchev–Trinajstić information content (AvgIpc) is 2.91. The van der Waals surface area contributed by atoms with Crippen molar-refractivity contribution in [3.05, 3.63) is 0 Å². The molecule has 0 aliphatic carbocycles. The van der Waals surface area contributed by atoms with E-state index in [4.69, 9.17) is 17.0 Å². The fourth-order valence-corrected chi connectivity index (χ4v) is 1.77. The molecule has 0 spiro atoms. The third-order valence-electron chi connectivity index (χ3n) is 2.82. The maximum atomic E-state index is 5.57. The zero-order valence-electron chi connectivity index (χ0n) is 11.2. The van der Waals surface area contributed by atoms with E-state index in [0.29, 0.717) is 5.95 Å². The van der Waals surface area contributed by atoms with E-state index in [0.717, 1.165) is 25.9 Å². The van der Waals surface area contributed by atoms with Gasteiger partial charge < -0.3 is 9.64 Å². The third-order valence-corrected chi connectivity index (χ3v) is 2.82. The summed E-state index contributed by atoms with van der Waals surface area (Å²) in [7, 11) is 0. The SMILES string of the molecule is C#CC(C)(C)Oc1nc(NN)nc(N2CCCC2)n1. The Balaban J connectivity index is 2.28. The minimum atomic E-state index is -0.782. The van der Waals surface area contributed by atoms with Gasteiger partial charge in [-0.2, -0.15) is 15.0 Å². The number of hydrogen-bond donors (Lipinski definition) is 2. The van der Waals surface area contributed by atoms with Crippen LogP contribution in [-0.4, -0.2) is 33.6 Å². The fraction of sp³-hybridized carbons (Fsp3) is 0.583. The van der Waals surface area contributed by atoms with Gasteiger partial charge in [-0.05, 0) is 26.7 Å². The van der Waals surface area contributed by atoms with E-state index < -0.39 is 5.60 Å². The second-order valence-corrected chi connectivity index (χ2v) is 4.84. The lowest BCUT2D eigenvalue weighted by Gasteiger charge is -2.20. The van der Waals surface area contributed by atoms with E-state index in [1.807, 2.05) is 0 Å². The molecule has 1 fully saturated rings. The lowest BCUT2D eigenvalue weighted by molar-refractivity contribution is 0.156. The fourth-order valence-electron chi connectivity index (χ4n) is 1.77. The molecule has 0 atom stereocenters. The maximum absolute atomic E-state index is 5.57. The minimum absolute atomic E-state index is 0.174. The molecule has 1 aromatic rings. The Bertz CT molecular complexity index is 489. The number of nitrogens with one attached hydrogen (secondary N) is 1. The number of nitrogens with zero attached hydrogens (tertiary/aromatic N) is 4. The van der Waals surface area contributed by atoms with Crippen molar-refractivity contribution in [1.82, 2.24) is 15.0 Å². The molecule has 1 saturated heterocycles. The number of anilines is 2. The summed E-state index contributed by atoms with van der Waals surface area (Å²) in [5.74, 6) is 8.72. The van der Waals surface area contributed by atoms with Crippen LogP contribution < -0.4 is 20.9 Å². The molecule has 2 heterocycles. The van der Waals surface area contributed by atoms with Crippen LogP contribution in [0.5, 0.6) is 6.01 Å². The highest BCUT2D eigenvalue weighted by atomic mass is 16.5. The highest BCUT2D eigenvalue weighted by Crippen LogP contribution is 2.21. The van der Waals surface area contributed by atoms with Crippen LogP contribution in [0.1, 0.15) is 26.7 Å². The summed E-state index contributed by atoms with van der Waals surface area (Å²) in [4.78, 5) is 14.6. The first-order valence-electron chi connectivity index (χ1n) is 6.18. The van der Waals surface area contributed by atoms with E-state index >= 15 is 0 Å². The van der Waals surface area contributed by atoms with Gasteiger partial charge in [0.1, 0.15) is 0 Å². The third kappa shape index (κ3) is 3.23. The standard InChI is InChI=1S/C12H18N6O/c1-4-12(2,3)19-11-15-9(17-13)14-10(16-11)18-7-5-6-8-18/h1H,5-8,13H2,2-3H3,(H,14,15,16,17). The number of aromatic nitrogens is 3. The Hall–Kier alpha value is -2.07. The van der Waals surface area contributed by atoms with Gasteiger partial charge in [0.25, 0.3) is 0 Å². The summed E-state index contributed by atoms with van der Waals surface area (Å²) >= 11 is 0. The summed E-state index contributed by atoms with van der Waals surface area (Å²) < 4.78 is 5.57. The molecule has 102 valence electrons. The van der Waals surface area contributed by atoms with Gasteiger partial charge in [-0.1, -0.05) is 5.92 Å². The average molecular weight is 262 g/mol. The van der Waals surface area contributed by atoms with Crippen molar-refractivity contribution >= 4 is 11.9 Å². The monoisotopic (exact) mass is 262 g/mol. The van der Waals surface area contributed by atoms with Gasteiger partial charge in [0.05, 0.1) is 0 Å². The predicted octanol–water partition coefficient (Wildman–Crippen LogP) is 0.548. The lowest BCUT2D eigenvalue weighted by Crippen LogP contribution is -2.28. The Kier molecular flexibility index (Phi) is 3.71. The predicted molar refractivity (Wildman–Crippen MR) is 72.6 cm³/mol. The summed E-state index contributed by atoms with van der Waals surface area (Å²) in [6.07, 6.45) is 7.64. The van der Waals surface area contributed by atoms with Crippen molar-refractivity contribution in [1.29, 1.82) is 0 Å². The van der Waals surface area contributed by atoms with Crippen LogP contribution in [0.3, 0.4) is 0 Å². The Morgan fingerprint density at radius 2 is 2.00 bits per heavy atom. The molecule has 0 amide bonds. The number of hydrogen-bond acceptors (Lipinski definition) is 7. The quantitative estimate of drug-likeness (QED) is 0.465. The zero-order valence-corrected chi connectivity index (χ0v) is 11.2. The van der Waals surface area contributed by atoms with Crippen molar-refractivity contribution < 1.29 is 4.74 Å². The molecule has 3 N–H and O–H groups in total. The first kappa shape index (κ1) is 13.4. The number of hydrazine groups is 1. The molecule has 0 aromatic carbocycles. The van der Waals surface area contributed by atoms with Crippen molar-refractivity contribution in [2.75, 3.05) is 23.4 Å². The molecule has 19 heavy (non-hydrogen) atoms. The topological polar surface area (TPSA) is 89.2 Å². The number of nitrogen functional groups attached to an aromatic ring is 1. The molecule has 1 aromatic heterocycles. The number of ether oxygens (including phenoxy) is 1. The van der Waals surface area contributed by atoms with Crippen molar-refractivity contribution in [2.24, 2.45) is 5.84 Å². The van der Waals surface area contributed by atoms with Crippen LogP contribution in [0.15, 0.2) is 0 Å². The van der Waals surface area contributed by atoms with Crippen LogP contribution >= 0.6 is 0 Å². The van der Waals surface area contributed by atoms with Gasteiger partial charge in [0.2, 0.25) is 11.9 Å². The summed E-state index contributed by atoms with van der Waals surface area (Å²) in [5, 5.41) is 0. The zero-order chi connectivity index (χ0) is 13.9. The Labute approximate surface area is 112 Å². The van der Waals surface area contributed by atoms with E-state index in [1.165, 1.54) is 0 Å². The van der Waals surface area contributed by atoms with E-state index in [9.17, 15) is 0 Å². The minimum Gasteiger partial charge on any atom is -0.444 e. The van der Waals surface area contributed by atoms with Crippen LogP contribution in [0.25, 0.3) is 0 Å². The van der Waals surface area contributed by atoms with Gasteiger partial charge in [-0.25, -0.2) is 5.84 Å². The molecular formula is C12H18N6O. The summed E-state index contributed by atoms with van der Waals surface area (Å²) in [6.45, 7) is 5.38. The van der Waals surface area contributed by atoms with Crippen LogP contribution in [0.4, 0.5) is 11.9 Å². The molecule has 1 aliphatic rings. The normalized spacial score (nSPS) is 15.2. The second kappa shape index (κ2) is 5.28. The Morgan fingerprint density at radius 1 is 1.32 bits per heavy atom. The highest BCUT2D eigenvalue weighted by molar-refractivity contribution is 5.38. The summed E-state index contributed by atoms with van der Waals surface area (Å²) in [6, 6.07) is 0.174. The van der Waals surface area contributed by atoms with Crippen molar-refractivity contribution in [2.45, 2.75) is 32.3 Å². The van der Waals surface area contributed by atoms with Crippen molar-refractivity contribution in [3.63, 3.8) is 0 Å². The maximum Gasteiger partial charge on any atom is 0.324 e. The summed E-state index contributed by atoms with van der Waals surface area (Å²) in [5.41, 5.74) is 1.63. The van der Waals surface area contributed by atoms with Crippen molar-refractivity contribution in [3.8, 4) is 18.4 Å². The van der Waals surface area contributed by atoms with Gasteiger partial charge in [0.15, 0.2) is 5.60 Å². The van der Waals surface area contributed by atoms with E-state index in [1.54, 1.807) is 13.8 Å². The van der Waals surface area contributed by atoms with E-state index in [-0.39, 0.29) is 12.0 Å². The largest absolute Gasteiger partial charge is 0.444 e. The number of rotatable bonds is 4. The van der Waals surface area contributed by atoms with Crippen LogP contribution in [0.2, 0.25) is 0 Å². The molecule has 0 radical (unpaired) electrons. The Morgan fingerprint density at radius 3 is 2.58 bits per heavy atom. The van der Waals surface area contributed by atoms with Crippen LogP contribution in [-0.2, 0) is 0 Å². The first-order valence-corrected chi connectivity index (χ1v) is 6.18. The molecule has 0 unspecified atom stereocenters. The molecule has 7 heteroatoms. The highest BCUT2D eigenvalue weighted by Gasteiger charge is 2.21. The smallest absolute Gasteiger partial charge is 0.324 e. The lowest BCUT2D eigenvalue weighted by atomic mass is 10.2. The first-order chi connectivity index (χ1) is 9.04. The van der Waals surface area contributed by atoms with E-state index in [2.05, 4.69) is 31.2 Å². The van der Waals surface area contributed by atoms with Gasteiger partial charge in [-0.15, -0.1) is 6.42 Å². The number of nitrogens with two attached hydrogens (primary N) is 1. The van der Waals surface area contributed by atoms with Gasteiger partial charge >= 0.3 is 6.01 Å². The molecule has 0 saturated carbocycles. The molecule has 2 rings (SSSR count). The molecule has 1 aliphatic heterocycles. The molecule has 0 bridgehead atoms. The van der Waals surface area contributed by atoms with Gasteiger partial charge in [-0.3, -0.25) is 5.43 Å². The molecular weight excluding hydrogens is 244 g/mol. The van der Waals surface area contributed by atoms with Gasteiger partial charge in [0, 0.05) is 13.1 Å². The molecule has 7 nitrogen and oxygen atoms in total.